The third-order valence-electron chi connectivity index (χ3n) is 2.85. The highest BCUT2D eigenvalue weighted by atomic mass is 35.5. The molecule has 0 heterocycles. The highest BCUT2D eigenvalue weighted by molar-refractivity contribution is 6.31. The monoisotopic (exact) mass is 313 g/mol. The van der Waals surface area contributed by atoms with Crippen molar-refractivity contribution in [2.24, 2.45) is 5.73 Å². The number of benzene rings is 2. The molecule has 20 heavy (non-hydrogen) atoms. The van der Waals surface area contributed by atoms with Crippen molar-refractivity contribution in [1.82, 2.24) is 0 Å². The highest BCUT2D eigenvalue weighted by Gasteiger charge is 2.09. The standard InChI is InChI=1S/C15H14Cl2FNO/c16-12-4-5-14(10(8-12)6-7-19)20-9-11-2-1-3-13(17)15(11)18/h1-5,8H,6-7,9,19H2. The first kappa shape index (κ1) is 15.1. The number of halogens is 3. The lowest BCUT2D eigenvalue weighted by Gasteiger charge is -2.12. The van der Waals surface area contributed by atoms with E-state index < -0.39 is 5.82 Å². The molecule has 0 saturated heterocycles. The van der Waals surface area contributed by atoms with Crippen LogP contribution in [0.5, 0.6) is 5.75 Å². The zero-order valence-corrected chi connectivity index (χ0v) is 12.2. The maximum absolute atomic E-state index is 13.8. The molecule has 0 aliphatic rings. The van der Waals surface area contributed by atoms with Gasteiger partial charge in [0.15, 0.2) is 0 Å². The summed E-state index contributed by atoms with van der Waals surface area (Å²) < 4.78 is 19.4. The molecule has 0 atom stereocenters. The second kappa shape index (κ2) is 6.93. The average molecular weight is 314 g/mol. The van der Waals surface area contributed by atoms with Gasteiger partial charge in [0.1, 0.15) is 18.2 Å². The molecule has 0 saturated carbocycles. The fourth-order valence-corrected chi connectivity index (χ4v) is 2.24. The van der Waals surface area contributed by atoms with Crippen molar-refractivity contribution in [3.8, 4) is 5.75 Å². The van der Waals surface area contributed by atoms with E-state index >= 15 is 0 Å². The van der Waals surface area contributed by atoms with Gasteiger partial charge in [0, 0.05) is 10.6 Å². The largest absolute Gasteiger partial charge is 0.489 e. The van der Waals surface area contributed by atoms with Gasteiger partial charge in [-0.2, -0.15) is 0 Å². The third kappa shape index (κ3) is 3.63. The van der Waals surface area contributed by atoms with E-state index in [1.165, 1.54) is 6.07 Å². The summed E-state index contributed by atoms with van der Waals surface area (Å²) in [5, 5.41) is 0.708. The second-order valence-corrected chi connectivity index (χ2v) is 5.14. The predicted octanol–water partition coefficient (Wildman–Crippen LogP) is 4.21. The summed E-state index contributed by atoms with van der Waals surface area (Å²) in [6.45, 7) is 0.591. The normalized spacial score (nSPS) is 10.6. The predicted molar refractivity (Wildman–Crippen MR) is 80.0 cm³/mol. The van der Waals surface area contributed by atoms with E-state index in [0.29, 0.717) is 29.3 Å². The zero-order valence-electron chi connectivity index (χ0n) is 10.7. The van der Waals surface area contributed by atoms with Gasteiger partial charge in [-0.1, -0.05) is 35.3 Å². The molecule has 0 aliphatic heterocycles. The minimum Gasteiger partial charge on any atom is -0.489 e. The summed E-state index contributed by atoms with van der Waals surface area (Å²) in [6.07, 6.45) is 0.647. The highest BCUT2D eigenvalue weighted by Crippen LogP contribution is 2.25. The van der Waals surface area contributed by atoms with Gasteiger partial charge >= 0.3 is 0 Å². The van der Waals surface area contributed by atoms with Crippen LogP contribution in [0.15, 0.2) is 36.4 Å². The van der Waals surface area contributed by atoms with Gasteiger partial charge in [-0.25, -0.2) is 4.39 Å². The molecular formula is C15H14Cl2FNO. The molecule has 0 bridgehead atoms. The number of ether oxygens (including phenoxy) is 1. The lowest BCUT2D eigenvalue weighted by molar-refractivity contribution is 0.297. The Morgan fingerprint density at radius 1 is 1.10 bits per heavy atom. The van der Waals surface area contributed by atoms with Gasteiger partial charge in [-0.15, -0.1) is 0 Å². The van der Waals surface area contributed by atoms with Crippen LogP contribution in [0.1, 0.15) is 11.1 Å². The summed E-state index contributed by atoms with van der Waals surface area (Å²) in [5.74, 6) is 0.197. The van der Waals surface area contributed by atoms with Gasteiger partial charge in [0.2, 0.25) is 0 Å². The Hall–Kier alpha value is -1.29. The molecular weight excluding hydrogens is 300 g/mol. The van der Waals surface area contributed by atoms with Gasteiger partial charge < -0.3 is 10.5 Å². The van der Waals surface area contributed by atoms with E-state index in [1.807, 2.05) is 0 Å². The van der Waals surface area contributed by atoms with Crippen LogP contribution < -0.4 is 10.5 Å². The van der Waals surface area contributed by atoms with E-state index in [2.05, 4.69) is 0 Å². The van der Waals surface area contributed by atoms with Crippen molar-refractivity contribution in [1.29, 1.82) is 0 Å². The molecule has 106 valence electrons. The molecule has 2 aromatic carbocycles. The van der Waals surface area contributed by atoms with Crippen molar-refractivity contribution in [2.75, 3.05) is 6.54 Å². The van der Waals surface area contributed by atoms with E-state index in [1.54, 1.807) is 30.3 Å². The van der Waals surface area contributed by atoms with Gasteiger partial charge in [-0.3, -0.25) is 0 Å². The molecule has 5 heteroatoms. The molecule has 2 rings (SSSR count). The molecule has 0 amide bonds. The fourth-order valence-electron chi connectivity index (χ4n) is 1.86. The molecule has 2 aromatic rings. The molecule has 0 spiro atoms. The number of nitrogens with two attached hydrogens (primary N) is 1. The van der Waals surface area contributed by atoms with Crippen LogP contribution in [0, 0.1) is 5.82 Å². The van der Waals surface area contributed by atoms with Crippen LogP contribution in [0.25, 0.3) is 0 Å². The number of rotatable bonds is 5. The Morgan fingerprint density at radius 2 is 1.90 bits per heavy atom. The van der Waals surface area contributed by atoms with Crippen molar-refractivity contribution < 1.29 is 9.13 Å². The van der Waals surface area contributed by atoms with Crippen LogP contribution in [-0.4, -0.2) is 6.54 Å². The van der Waals surface area contributed by atoms with Gasteiger partial charge in [0.25, 0.3) is 0 Å². The van der Waals surface area contributed by atoms with Gasteiger partial charge in [0.05, 0.1) is 5.02 Å². The first-order chi connectivity index (χ1) is 9.61. The molecule has 2 N–H and O–H groups in total. The van der Waals surface area contributed by atoms with Crippen molar-refractivity contribution in [3.63, 3.8) is 0 Å². The van der Waals surface area contributed by atoms with E-state index in [9.17, 15) is 4.39 Å². The Labute approximate surface area is 127 Å². The zero-order chi connectivity index (χ0) is 14.5. The Bertz CT molecular complexity index is 604. The van der Waals surface area contributed by atoms with E-state index in [4.69, 9.17) is 33.7 Å². The van der Waals surface area contributed by atoms with Crippen LogP contribution >= 0.6 is 23.2 Å². The number of hydrogen-bond acceptors (Lipinski definition) is 2. The summed E-state index contributed by atoms with van der Waals surface area (Å²) in [6, 6.07) is 10.1. The average Bonchev–Trinajstić information content (AvgIpc) is 2.42. The minimum atomic E-state index is -0.455. The summed E-state index contributed by atoms with van der Waals surface area (Å²) in [4.78, 5) is 0. The Balaban J connectivity index is 2.16. The summed E-state index contributed by atoms with van der Waals surface area (Å²) in [7, 11) is 0. The van der Waals surface area contributed by atoms with Crippen LogP contribution in [-0.2, 0) is 13.0 Å². The summed E-state index contributed by atoms with van der Waals surface area (Å²) in [5.41, 5.74) is 6.87. The van der Waals surface area contributed by atoms with Crippen molar-refractivity contribution >= 4 is 23.2 Å². The maximum atomic E-state index is 13.8. The first-order valence-electron chi connectivity index (χ1n) is 6.16. The maximum Gasteiger partial charge on any atom is 0.148 e. The molecule has 0 radical (unpaired) electrons. The SMILES string of the molecule is NCCc1cc(Cl)ccc1OCc1cccc(Cl)c1F. The van der Waals surface area contributed by atoms with E-state index in [0.717, 1.165) is 5.56 Å². The first-order valence-corrected chi connectivity index (χ1v) is 6.91. The van der Waals surface area contributed by atoms with Gasteiger partial charge in [-0.05, 0) is 42.8 Å². The molecule has 0 fully saturated rings. The Morgan fingerprint density at radius 3 is 2.65 bits per heavy atom. The lowest BCUT2D eigenvalue weighted by Crippen LogP contribution is -2.06. The van der Waals surface area contributed by atoms with Crippen LogP contribution in [0.2, 0.25) is 10.0 Å². The minimum absolute atomic E-state index is 0.0874. The fraction of sp³-hybridized carbons (Fsp3) is 0.200. The second-order valence-electron chi connectivity index (χ2n) is 4.29. The molecule has 0 aliphatic carbocycles. The molecule has 0 unspecified atom stereocenters. The van der Waals surface area contributed by atoms with E-state index in [-0.39, 0.29) is 11.6 Å². The molecule has 2 nitrogen and oxygen atoms in total. The molecule has 0 aromatic heterocycles. The lowest BCUT2D eigenvalue weighted by atomic mass is 10.1. The Kier molecular flexibility index (Phi) is 5.24. The smallest absolute Gasteiger partial charge is 0.148 e. The quantitative estimate of drug-likeness (QED) is 0.897. The van der Waals surface area contributed by atoms with Crippen molar-refractivity contribution in [3.05, 3.63) is 63.4 Å². The van der Waals surface area contributed by atoms with Crippen LogP contribution in [0.3, 0.4) is 0 Å². The third-order valence-corrected chi connectivity index (χ3v) is 3.38. The number of hydrogen-bond donors (Lipinski definition) is 1. The summed E-state index contributed by atoms with van der Waals surface area (Å²) >= 11 is 11.7. The topological polar surface area (TPSA) is 35.2 Å². The van der Waals surface area contributed by atoms with Crippen LogP contribution in [0.4, 0.5) is 4.39 Å². The van der Waals surface area contributed by atoms with Crippen molar-refractivity contribution in [2.45, 2.75) is 13.0 Å².